The molecule has 0 aliphatic carbocycles. The van der Waals surface area contributed by atoms with Gasteiger partial charge in [0.15, 0.2) is 0 Å². The third kappa shape index (κ3) is 2.74. The van der Waals surface area contributed by atoms with Crippen LogP contribution in [-0.2, 0) is 6.42 Å². The molecule has 0 aliphatic heterocycles. The van der Waals surface area contributed by atoms with E-state index in [9.17, 15) is 0 Å². The molecule has 0 bridgehead atoms. The number of nitrogens with two attached hydrogens (primary N) is 1. The fourth-order valence-corrected chi connectivity index (χ4v) is 3.58. The van der Waals surface area contributed by atoms with Crippen molar-refractivity contribution in [1.82, 2.24) is 9.97 Å². The van der Waals surface area contributed by atoms with Crippen LogP contribution in [0.2, 0.25) is 0 Å². The molecule has 0 atom stereocenters. The lowest BCUT2D eigenvalue weighted by molar-refractivity contribution is 1.01. The number of fused-ring (bicyclic) bond motifs is 1. The van der Waals surface area contributed by atoms with Gasteiger partial charge in [0.05, 0.1) is 5.39 Å². The van der Waals surface area contributed by atoms with Gasteiger partial charge in [-0.05, 0) is 41.8 Å². The lowest BCUT2D eigenvalue weighted by Gasteiger charge is -2.07. The van der Waals surface area contributed by atoms with Gasteiger partial charge in [0.25, 0.3) is 0 Å². The van der Waals surface area contributed by atoms with Crippen LogP contribution in [0.25, 0.3) is 10.2 Å². The minimum Gasteiger partial charge on any atom is -0.369 e. The van der Waals surface area contributed by atoms with E-state index in [4.69, 9.17) is 5.84 Å². The third-order valence-electron chi connectivity index (χ3n) is 2.93. The van der Waals surface area contributed by atoms with E-state index in [0.717, 1.165) is 29.0 Å². The van der Waals surface area contributed by atoms with Gasteiger partial charge in [-0.3, -0.25) is 5.43 Å². The first-order valence-corrected chi connectivity index (χ1v) is 8.02. The molecule has 0 saturated heterocycles. The maximum absolute atomic E-state index is 5.43. The molecule has 5 nitrogen and oxygen atoms in total. The summed E-state index contributed by atoms with van der Waals surface area (Å²) >= 11 is 3.36. The number of nitrogen functional groups attached to an aromatic ring is 1. The van der Waals surface area contributed by atoms with Crippen LogP contribution in [0.4, 0.5) is 11.8 Å². The van der Waals surface area contributed by atoms with E-state index >= 15 is 0 Å². The summed E-state index contributed by atoms with van der Waals surface area (Å²) in [4.78, 5) is 10.9. The number of aromatic nitrogens is 2. The monoisotopic (exact) mass is 305 g/mol. The van der Waals surface area contributed by atoms with E-state index in [1.165, 1.54) is 10.4 Å². The molecular formula is C13H15N5S2. The van der Waals surface area contributed by atoms with Crippen molar-refractivity contribution in [3.8, 4) is 0 Å². The van der Waals surface area contributed by atoms with Gasteiger partial charge in [0.1, 0.15) is 10.6 Å². The largest absolute Gasteiger partial charge is 0.369 e. The average Bonchev–Trinajstić information content (AvgIpc) is 3.06. The van der Waals surface area contributed by atoms with Crippen molar-refractivity contribution in [2.24, 2.45) is 5.84 Å². The van der Waals surface area contributed by atoms with Crippen molar-refractivity contribution in [2.45, 2.75) is 13.3 Å². The summed E-state index contributed by atoms with van der Waals surface area (Å²) in [7, 11) is 0. The van der Waals surface area contributed by atoms with E-state index in [-0.39, 0.29) is 0 Å². The van der Waals surface area contributed by atoms with Crippen LogP contribution in [0.1, 0.15) is 10.4 Å². The summed E-state index contributed by atoms with van der Waals surface area (Å²) in [6.45, 7) is 2.90. The van der Waals surface area contributed by atoms with E-state index in [2.05, 4.69) is 50.5 Å². The minimum atomic E-state index is 0.442. The Hall–Kier alpha value is -1.70. The topological polar surface area (TPSA) is 75.9 Å². The number of thiophene rings is 2. The number of hydrogen-bond acceptors (Lipinski definition) is 7. The van der Waals surface area contributed by atoms with Gasteiger partial charge in [0, 0.05) is 11.4 Å². The first-order chi connectivity index (χ1) is 9.76. The molecule has 0 aliphatic rings. The molecule has 20 heavy (non-hydrogen) atoms. The summed E-state index contributed by atoms with van der Waals surface area (Å²) in [6.07, 6.45) is 0.976. The van der Waals surface area contributed by atoms with Crippen LogP contribution in [0.15, 0.2) is 22.9 Å². The Morgan fingerprint density at radius 1 is 1.35 bits per heavy atom. The molecule has 7 heteroatoms. The Balaban J connectivity index is 1.81. The second-order valence-corrected chi connectivity index (χ2v) is 6.44. The summed E-state index contributed by atoms with van der Waals surface area (Å²) in [5, 5.41) is 8.69. The molecule has 0 amide bonds. The van der Waals surface area contributed by atoms with Crippen LogP contribution < -0.4 is 16.6 Å². The van der Waals surface area contributed by atoms with Crippen molar-refractivity contribution in [1.29, 1.82) is 0 Å². The predicted molar refractivity (Wildman–Crippen MR) is 86.5 cm³/mol. The zero-order chi connectivity index (χ0) is 13.9. The normalized spacial score (nSPS) is 10.9. The first kappa shape index (κ1) is 13.3. The Morgan fingerprint density at radius 2 is 2.25 bits per heavy atom. The molecule has 0 aromatic carbocycles. The zero-order valence-corrected chi connectivity index (χ0v) is 12.6. The highest BCUT2D eigenvalue weighted by atomic mass is 32.1. The van der Waals surface area contributed by atoms with Crippen molar-refractivity contribution < 1.29 is 0 Å². The van der Waals surface area contributed by atoms with Crippen molar-refractivity contribution in [2.75, 3.05) is 17.3 Å². The van der Waals surface area contributed by atoms with Crippen LogP contribution in [0.3, 0.4) is 0 Å². The van der Waals surface area contributed by atoms with Crippen molar-refractivity contribution in [3.05, 3.63) is 33.3 Å². The zero-order valence-electron chi connectivity index (χ0n) is 11.0. The fourth-order valence-electron chi connectivity index (χ4n) is 2.00. The standard InChI is InChI=1S/C13H15N5S2/c1-8-6-10-11(15-4-2-9-3-5-19-7-9)16-13(18-14)17-12(10)20-8/h3,5-7H,2,4,14H2,1H3,(H2,15,16,17,18). The van der Waals surface area contributed by atoms with E-state index in [0.29, 0.717) is 5.95 Å². The Morgan fingerprint density at radius 3 is 3.00 bits per heavy atom. The van der Waals surface area contributed by atoms with Crippen LogP contribution in [-0.4, -0.2) is 16.5 Å². The smallest absolute Gasteiger partial charge is 0.240 e. The number of rotatable bonds is 5. The van der Waals surface area contributed by atoms with Crippen molar-refractivity contribution >= 4 is 44.7 Å². The van der Waals surface area contributed by atoms with E-state index in [1.807, 2.05) is 0 Å². The molecule has 0 saturated carbocycles. The van der Waals surface area contributed by atoms with Gasteiger partial charge in [-0.25, -0.2) is 10.8 Å². The number of nitrogens with one attached hydrogen (secondary N) is 2. The van der Waals surface area contributed by atoms with Gasteiger partial charge in [-0.15, -0.1) is 11.3 Å². The highest BCUT2D eigenvalue weighted by Gasteiger charge is 2.09. The molecule has 3 aromatic heterocycles. The summed E-state index contributed by atoms with van der Waals surface area (Å²) in [6, 6.07) is 4.25. The molecule has 0 spiro atoms. The van der Waals surface area contributed by atoms with Gasteiger partial charge in [-0.1, -0.05) is 0 Å². The van der Waals surface area contributed by atoms with E-state index in [1.54, 1.807) is 22.7 Å². The summed E-state index contributed by atoms with van der Waals surface area (Å²) in [5.74, 6) is 6.70. The molecule has 3 heterocycles. The first-order valence-electron chi connectivity index (χ1n) is 6.26. The Kier molecular flexibility index (Phi) is 3.81. The van der Waals surface area contributed by atoms with Crippen LogP contribution in [0.5, 0.6) is 0 Å². The lowest BCUT2D eigenvalue weighted by Crippen LogP contribution is -2.13. The summed E-state index contributed by atoms with van der Waals surface area (Å²) < 4.78 is 0. The SMILES string of the molecule is Cc1cc2c(NCCc3ccsc3)nc(NN)nc2s1. The maximum Gasteiger partial charge on any atom is 0.240 e. The molecule has 3 aromatic rings. The molecule has 4 N–H and O–H groups in total. The number of hydrazine groups is 1. The van der Waals surface area contributed by atoms with E-state index < -0.39 is 0 Å². The van der Waals surface area contributed by atoms with Crippen LogP contribution in [0, 0.1) is 6.92 Å². The molecule has 104 valence electrons. The van der Waals surface area contributed by atoms with Gasteiger partial charge in [0.2, 0.25) is 5.95 Å². The van der Waals surface area contributed by atoms with Crippen molar-refractivity contribution in [3.63, 3.8) is 0 Å². The number of hydrogen-bond donors (Lipinski definition) is 3. The molecular weight excluding hydrogens is 290 g/mol. The van der Waals surface area contributed by atoms with Crippen LogP contribution >= 0.6 is 22.7 Å². The fraction of sp³-hybridized carbons (Fsp3) is 0.231. The Labute approximate surface area is 124 Å². The highest BCUT2D eigenvalue weighted by molar-refractivity contribution is 7.18. The van der Waals surface area contributed by atoms with Gasteiger partial charge < -0.3 is 5.32 Å². The number of aryl methyl sites for hydroxylation is 1. The number of anilines is 2. The second-order valence-electron chi connectivity index (χ2n) is 4.42. The predicted octanol–water partition coefficient (Wildman–Crippen LogP) is 3.00. The number of nitrogens with zero attached hydrogens (tertiary/aromatic N) is 2. The molecule has 3 rings (SSSR count). The quantitative estimate of drug-likeness (QED) is 0.499. The third-order valence-corrected chi connectivity index (χ3v) is 4.61. The maximum atomic E-state index is 5.43. The summed E-state index contributed by atoms with van der Waals surface area (Å²) in [5.41, 5.74) is 3.86. The lowest BCUT2D eigenvalue weighted by atomic mass is 10.2. The molecule has 0 unspecified atom stereocenters. The molecule has 0 fully saturated rings. The second kappa shape index (κ2) is 5.74. The highest BCUT2D eigenvalue weighted by Crippen LogP contribution is 2.29. The van der Waals surface area contributed by atoms with Gasteiger partial charge in [-0.2, -0.15) is 16.3 Å². The molecule has 0 radical (unpaired) electrons. The average molecular weight is 305 g/mol. The Bertz CT molecular complexity index is 705. The van der Waals surface area contributed by atoms with Gasteiger partial charge >= 0.3 is 0 Å². The minimum absolute atomic E-state index is 0.442.